The van der Waals surface area contributed by atoms with Gasteiger partial charge in [0.05, 0.1) is 42.0 Å². The second kappa shape index (κ2) is 20.7. The Labute approximate surface area is 539 Å². The smallest absolute Gasteiger partial charge is 0.331 e. The van der Waals surface area contributed by atoms with Crippen LogP contribution >= 0.6 is 0 Å². The van der Waals surface area contributed by atoms with Crippen LogP contribution in [0.4, 0.5) is 0 Å². The third kappa shape index (κ3) is 7.66. The average molecular weight is 1230 g/mol. The third-order valence-corrected chi connectivity index (χ3v) is 31.4. The van der Waals surface area contributed by atoms with E-state index in [1.165, 1.54) is 42.2 Å². The lowest BCUT2D eigenvalue weighted by Gasteiger charge is -2.76. The van der Waals surface area contributed by atoms with Crippen LogP contribution in [0.25, 0.3) is 0 Å². The molecular weight excluding hydrogens is 1130 g/mol. The predicted octanol–water partition coefficient (Wildman–Crippen LogP) is 11.2. The van der Waals surface area contributed by atoms with Gasteiger partial charge in [0.15, 0.2) is 0 Å². The molecule has 480 valence electrons. The van der Waals surface area contributed by atoms with Gasteiger partial charge in [0.2, 0.25) is 0 Å². The Hall–Kier alpha value is -4.62. The molecule has 26 atom stereocenters. The van der Waals surface area contributed by atoms with Crippen molar-refractivity contribution in [1.82, 2.24) is 5.32 Å². The van der Waals surface area contributed by atoms with Gasteiger partial charge in [-0.15, -0.1) is 5.92 Å². The van der Waals surface area contributed by atoms with Crippen LogP contribution in [0.15, 0.2) is 84.4 Å². The average Bonchev–Trinajstić information content (AvgIpc) is 1.56. The highest BCUT2D eigenvalue weighted by Gasteiger charge is 2.90. The lowest BCUT2D eigenvalue weighted by Crippen LogP contribution is -2.85. The lowest BCUT2D eigenvalue weighted by molar-refractivity contribution is -0.379. The fourth-order valence-electron chi connectivity index (χ4n) is 28.3. The number of nitrogens with one attached hydrogen (secondary N) is 1. The first-order chi connectivity index (χ1) is 44.1. The highest BCUT2D eigenvalue weighted by Crippen LogP contribution is 2.85. The van der Waals surface area contributed by atoms with Gasteiger partial charge in [0.25, 0.3) is 0 Å². The van der Waals surface area contributed by atoms with E-state index in [2.05, 4.69) is 96.6 Å². The number of hydrogen-bond acceptors (Lipinski definition) is 10. The molecule has 10 saturated carbocycles. The molecule has 3 aliphatic heterocycles. The van der Waals surface area contributed by atoms with Crippen molar-refractivity contribution in [2.24, 2.45) is 110 Å². The molecule has 1 saturated heterocycles. The van der Waals surface area contributed by atoms with Crippen LogP contribution in [0.1, 0.15) is 181 Å². The zero-order valence-corrected chi connectivity index (χ0v) is 53.8. The summed E-state index contributed by atoms with van der Waals surface area (Å²) in [7, 11) is 1.96. The van der Waals surface area contributed by atoms with Gasteiger partial charge < -0.3 is 45.1 Å². The summed E-state index contributed by atoms with van der Waals surface area (Å²) in [6.45, 7) is 1.98. The summed E-state index contributed by atoms with van der Waals surface area (Å²) >= 11 is 0. The van der Waals surface area contributed by atoms with E-state index >= 15 is 20.1 Å². The number of carbonyl (C=O) groups is 2. The maximum atomic E-state index is 16.4. The fraction of sp³-hybridized carbons (Fsp3) is 0.679. The Bertz CT molecular complexity index is 3630. The Morgan fingerprint density at radius 2 is 1.54 bits per heavy atom. The summed E-state index contributed by atoms with van der Waals surface area (Å²) in [5.74, 6) is 15.0. The van der Waals surface area contributed by atoms with Gasteiger partial charge in [-0.2, -0.15) is 0 Å². The Morgan fingerprint density at radius 3 is 2.34 bits per heavy atom. The van der Waals surface area contributed by atoms with Crippen molar-refractivity contribution < 1.29 is 44.6 Å². The highest BCUT2D eigenvalue weighted by molar-refractivity contribution is 5.87. The second-order valence-electron chi connectivity index (χ2n) is 33.9. The molecule has 6 N–H and O–H groups in total. The van der Waals surface area contributed by atoms with Gasteiger partial charge >= 0.3 is 5.97 Å². The van der Waals surface area contributed by atoms with E-state index in [1.54, 1.807) is 6.08 Å². The highest BCUT2D eigenvalue weighted by atomic mass is 16.5. The molecule has 13 aliphatic carbocycles. The quantitative estimate of drug-likeness (QED) is 0.0823. The van der Waals surface area contributed by atoms with E-state index < -0.39 is 85.5 Å². The van der Waals surface area contributed by atoms with Crippen molar-refractivity contribution in [3.63, 3.8) is 0 Å². The Kier molecular flexibility index (Phi) is 13.4. The third-order valence-electron chi connectivity index (χ3n) is 31.4. The number of aliphatic hydroxyl groups is 5. The Morgan fingerprint density at radius 1 is 0.758 bits per heavy atom. The molecule has 91 heavy (non-hydrogen) atoms. The van der Waals surface area contributed by atoms with E-state index in [1.807, 2.05) is 19.2 Å². The molecule has 0 amide bonds. The summed E-state index contributed by atoms with van der Waals surface area (Å²) < 4.78 is 14.8. The van der Waals surface area contributed by atoms with Crippen molar-refractivity contribution in [3.8, 4) is 23.7 Å². The minimum Gasteiger partial charge on any atom is -0.454 e. The normalized spacial score (nSPS) is 49.5. The van der Waals surface area contributed by atoms with Crippen molar-refractivity contribution >= 4 is 12.3 Å². The van der Waals surface area contributed by atoms with Crippen LogP contribution in [0.5, 0.6) is 0 Å². The summed E-state index contributed by atoms with van der Waals surface area (Å²) in [6.07, 6.45) is 19.7. The first-order valence-electron chi connectivity index (χ1n) is 36.5. The number of aldehydes is 1. The first kappa shape index (κ1) is 58.9. The van der Waals surface area contributed by atoms with Crippen molar-refractivity contribution in [1.29, 1.82) is 0 Å². The molecule has 0 aromatic heterocycles. The fourth-order valence-corrected chi connectivity index (χ4v) is 28.3. The second-order valence-corrected chi connectivity index (χ2v) is 33.9. The van der Waals surface area contributed by atoms with Gasteiger partial charge in [0.1, 0.15) is 18.0 Å². The Balaban J connectivity index is 0.904. The SMILES string of the molecule is CN[C@@H]1Cc2c(cccc2CO)C#CC2(CCCC2)C[C@]23C[C@H]4C#CC[C@H]5[C@H]6C[C@@H]7C[C@@H]8Cc9cccc(c9)C[C@H]9CC[C@@H](C9)[C@H](C)[C@@H]9CC[C@H]%10[C@@H](O8)[C@]7(C[C@]7(C=O)[C@@H]4[C@@](O)(C[C@H](C9)[C@]%107O)[C@@]2(O)C[C@H]2C[C@@H]1[C@@H]1OC(=O)C=C1[C@@]23CO)[C@@H]6CC[C@@H]5c1ccccc1. The topological polar surface area (TPSA) is 166 Å². The minimum atomic E-state index is -2.00. The molecule has 10 heteroatoms. The minimum absolute atomic E-state index is 0.0598. The van der Waals surface area contributed by atoms with Gasteiger partial charge in [0, 0.05) is 69.4 Å². The molecule has 10 nitrogen and oxygen atoms in total. The molecular formula is C81H97NO9. The van der Waals surface area contributed by atoms with E-state index in [0.29, 0.717) is 62.2 Å². The van der Waals surface area contributed by atoms with Crippen LogP contribution < -0.4 is 5.32 Å². The molecule has 11 fully saturated rings. The summed E-state index contributed by atoms with van der Waals surface area (Å²) in [5.41, 5.74) is -3.39. The number of rotatable bonds is 5. The van der Waals surface area contributed by atoms with Gasteiger partial charge in [-0.1, -0.05) is 104 Å². The number of carbonyl (C=O) groups excluding carboxylic acids is 2. The summed E-state index contributed by atoms with van der Waals surface area (Å²) in [6, 6.07) is 26.4. The summed E-state index contributed by atoms with van der Waals surface area (Å²) in [5, 5.41) is 75.7. The first-order valence-corrected chi connectivity index (χ1v) is 36.5. The van der Waals surface area contributed by atoms with Crippen LogP contribution in [-0.2, 0) is 44.9 Å². The lowest BCUT2D eigenvalue weighted by atomic mass is 9.30. The number of benzene rings is 3. The molecule has 0 unspecified atom stereocenters. The van der Waals surface area contributed by atoms with E-state index in [-0.39, 0.29) is 86.2 Å². The van der Waals surface area contributed by atoms with Crippen molar-refractivity contribution in [3.05, 3.63) is 118 Å². The van der Waals surface area contributed by atoms with E-state index in [9.17, 15) is 15.0 Å². The monoisotopic (exact) mass is 1230 g/mol. The predicted molar refractivity (Wildman–Crippen MR) is 345 cm³/mol. The molecule has 19 rings (SSSR count). The van der Waals surface area contributed by atoms with E-state index in [0.717, 1.165) is 99.3 Å². The molecule has 3 spiro atoms. The van der Waals surface area contributed by atoms with Gasteiger partial charge in [-0.3, -0.25) is 0 Å². The summed E-state index contributed by atoms with van der Waals surface area (Å²) in [4.78, 5) is 31.0. The van der Waals surface area contributed by atoms with Crippen LogP contribution in [-0.4, -0.2) is 92.6 Å². The molecule has 0 radical (unpaired) electrons. The van der Waals surface area contributed by atoms with Crippen LogP contribution in [0.3, 0.4) is 0 Å². The van der Waals surface area contributed by atoms with Gasteiger partial charge in [-0.05, 0) is 246 Å². The number of likely N-dealkylation sites (N-methyl/N-ethyl adjacent to an activating group) is 1. The number of aliphatic hydroxyl groups excluding tert-OH is 2. The van der Waals surface area contributed by atoms with E-state index in [4.69, 9.17) is 9.47 Å². The number of esters is 1. The number of fused-ring (bicyclic) bond motifs is 9. The largest absolute Gasteiger partial charge is 0.454 e. The van der Waals surface area contributed by atoms with Crippen LogP contribution in [0, 0.1) is 134 Å². The van der Waals surface area contributed by atoms with Crippen molar-refractivity contribution in [2.75, 3.05) is 13.7 Å². The standard InChI is InChI=1S/C81H97NO9/c1-47-53-20-19-50(31-53)30-48-11-8-12-49(29-48)32-60-34-57-35-64-62-18-10-16-55-39-76-43-74(26-6-7-27-74)28-25-52-15-9-17-56(42-83)63(52)37-69(82-2)65-36-58(78(76,46-85)68-38-70(86)91-71(65)68)41-80(76,88)79(87)40-59-33-54(47)21-23-67-73(90-60)77(57,44-75(45-84,72(55)79)81(59,67)89)66(64)24-22-61(62)51-13-4-3-5-14-51/h3-5,8-9,11-15,17,29,38,45,47,50,53-55,57-62,64-67,69,71-73,82-83,85,87-89H,6-7,18-24,26-27,30-37,39-44,46H2,1-2H3/t47-,50+,53-,54+,55+,57-,58+,59-,60-,61+,62+,64+,65-,66+,67-,69+,71-,72+,73+,75-,76-,77-,78+,79-,80+,81-/m0/s1. The number of hydrogen-bond donors (Lipinski definition) is 6. The van der Waals surface area contributed by atoms with Gasteiger partial charge in [-0.25, -0.2) is 4.79 Å². The van der Waals surface area contributed by atoms with Crippen LogP contribution in [0.2, 0.25) is 0 Å². The molecule has 3 heterocycles. The maximum Gasteiger partial charge on any atom is 0.331 e. The molecule has 17 bridgehead atoms. The molecule has 3 aromatic carbocycles. The molecule has 16 aliphatic rings. The van der Waals surface area contributed by atoms with Crippen molar-refractivity contribution in [2.45, 2.75) is 215 Å². The number of ether oxygens (including phenoxy) is 2. The zero-order valence-electron chi connectivity index (χ0n) is 53.8. The molecule has 3 aromatic rings. The zero-order chi connectivity index (χ0) is 61.8. The maximum absolute atomic E-state index is 16.4.